The zero-order valence-corrected chi connectivity index (χ0v) is 13.2. The SMILES string of the molecule is O=C(Cc1ccc2c(c1)NC(=O)CO2)NCCC1=CCCCC1. The van der Waals surface area contributed by atoms with Crippen molar-refractivity contribution in [3.05, 3.63) is 35.4 Å². The van der Waals surface area contributed by atoms with Crippen LogP contribution in [-0.2, 0) is 16.0 Å². The summed E-state index contributed by atoms with van der Waals surface area (Å²) in [6.07, 6.45) is 8.45. The molecule has 3 rings (SSSR count). The summed E-state index contributed by atoms with van der Waals surface area (Å²) < 4.78 is 5.31. The number of nitrogens with one attached hydrogen (secondary N) is 2. The third-order valence-electron chi connectivity index (χ3n) is 4.19. The van der Waals surface area contributed by atoms with Gasteiger partial charge in [0, 0.05) is 6.54 Å². The molecule has 1 aromatic carbocycles. The minimum atomic E-state index is -0.167. The molecule has 1 aromatic rings. The molecule has 2 amide bonds. The lowest BCUT2D eigenvalue weighted by Gasteiger charge is -2.18. The van der Waals surface area contributed by atoms with Crippen LogP contribution >= 0.6 is 0 Å². The van der Waals surface area contributed by atoms with Crippen molar-refractivity contribution in [2.24, 2.45) is 0 Å². The first kappa shape index (κ1) is 15.6. The molecule has 0 spiro atoms. The zero-order valence-electron chi connectivity index (χ0n) is 13.2. The molecule has 0 radical (unpaired) electrons. The first-order valence-electron chi connectivity index (χ1n) is 8.21. The van der Waals surface area contributed by atoms with Gasteiger partial charge in [-0.15, -0.1) is 0 Å². The fourth-order valence-electron chi connectivity index (χ4n) is 2.98. The van der Waals surface area contributed by atoms with Crippen molar-refractivity contribution in [1.29, 1.82) is 0 Å². The van der Waals surface area contributed by atoms with Gasteiger partial charge in [-0.3, -0.25) is 9.59 Å². The number of benzene rings is 1. The van der Waals surface area contributed by atoms with E-state index in [4.69, 9.17) is 4.74 Å². The number of rotatable bonds is 5. The van der Waals surface area contributed by atoms with Gasteiger partial charge in [-0.1, -0.05) is 17.7 Å². The maximum Gasteiger partial charge on any atom is 0.262 e. The number of carbonyl (C=O) groups is 2. The van der Waals surface area contributed by atoms with E-state index in [2.05, 4.69) is 16.7 Å². The Hall–Kier alpha value is -2.30. The maximum absolute atomic E-state index is 12.0. The lowest BCUT2D eigenvalue weighted by Crippen LogP contribution is -2.27. The predicted octanol–water partition coefficient (Wildman–Crippen LogP) is 2.57. The van der Waals surface area contributed by atoms with Gasteiger partial charge in [0.2, 0.25) is 5.91 Å². The summed E-state index contributed by atoms with van der Waals surface area (Å²) in [6, 6.07) is 5.46. The van der Waals surface area contributed by atoms with Crippen LogP contribution in [0.2, 0.25) is 0 Å². The average molecular weight is 314 g/mol. The second-order valence-electron chi connectivity index (χ2n) is 6.05. The summed E-state index contributed by atoms with van der Waals surface area (Å²) in [5.41, 5.74) is 2.97. The highest BCUT2D eigenvalue weighted by molar-refractivity contribution is 5.95. The molecule has 122 valence electrons. The molecule has 0 bridgehead atoms. The van der Waals surface area contributed by atoms with E-state index in [1.807, 2.05) is 6.07 Å². The minimum Gasteiger partial charge on any atom is -0.482 e. The standard InChI is InChI=1S/C18H22N2O3/c21-17(19-9-8-13-4-2-1-3-5-13)11-14-6-7-16-15(10-14)20-18(22)12-23-16/h4,6-7,10H,1-3,5,8-9,11-12H2,(H,19,21)(H,20,22). The lowest BCUT2D eigenvalue weighted by atomic mass is 9.97. The second-order valence-corrected chi connectivity index (χ2v) is 6.05. The van der Waals surface area contributed by atoms with Crippen LogP contribution in [0.1, 0.15) is 37.7 Å². The van der Waals surface area contributed by atoms with Gasteiger partial charge in [-0.05, 0) is 49.8 Å². The Morgan fingerprint density at radius 2 is 2.22 bits per heavy atom. The van der Waals surface area contributed by atoms with Crippen LogP contribution < -0.4 is 15.4 Å². The second kappa shape index (κ2) is 7.31. The van der Waals surface area contributed by atoms with E-state index in [-0.39, 0.29) is 18.4 Å². The van der Waals surface area contributed by atoms with Crippen LogP contribution in [0.15, 0.2) is 29.8 Å². The van der Waals surface area contributed by atoms with E-state index in [1.54, 1.807) is 12.1 Å². The van der Waals surface area contributed by atoms with Crippen molar-refractivity contribution in [2.75, 3.05) is 18.5 Å². The van der Waals surface area contributed by atoms with E-state index in [0.717, 1.165) is 12.0 Å². The van der Waals surface area contributed by atoms with E-state index >= 15 is 0 Å². The summed E-state index contributed by atoms with van der Waals surface area (Å²) in [4.78, 5) is 23.4. The van der Waals surface area contributed by atoms with Gasteiger partial charge in [0.25, 0.3) is 5.91 Å². The molecule has 5 nitrogen and oxygen atoms in total. The Morgan fingerprint density at radius 3 is 3.04 bits per heavy atom. The lowest BCUT2D eigenvalue weighted by molar-refractivity contribution is -0.120. The molecule has 0 saturated heterocycles. The highest BCUT2D eigenvalue weighted by Crippen LogP contribution is 2.28. The first-order chi connectivity index (χ1) is 11.2. The smallest absolute Gasteiger partial charge is 0.262 e. The summed E-state index contributed by atoms with van der Waals surface area (Å²) in [5.74, 6) is 0.488. The number of anilines is 1. The monoisotopic (exact) mass is 314 g/mol. The van der Waals surface area contributed by atoms with Gasteiger partial charge >= 0.3 is 0 Å². The minimum absolute atomic E-state index is 0.00409. The molecule has 2 aliphatic rings. The molecular weight excluding hydrogens is 292 g/mol. The van der Waals surface area contributed by atoms with Gasteiger partial charge in [-0.25, -0.2) is 0 Å². The average Bonchev–Trinajstić information content (AvgIpc) is 2.55. The molecule has 1 aliphatic carbocycles. The number of ether oxygens (including phenoxy) is 1. The van der Waals surface area contributed by atoms with Crippen LogP contribution in [-0.4, -0.2) is 25.0 Å². The van der Waals surface area contributed by atoms with Gasteiger partial charge in [-0.2, -0.15) is 0 Å². The third-order valence-corrected chi connectivity index (χ3v) is 4.19. The zero-order chi connectivity index (χ0) is 16.1. The Kier molecular flexibility index (Phi) is 4.95. The largest absolute Gasteiger partial charge is 0.482 e. The van der Waals surface area contributed by atoms with Gasteiger partial charge in [0.1, 0.15) is 5.75 Å². The Morgan fingerprint density at radius 1 is 1.30 bits per heavy atom. The number of amides is 2. The molecule has 0 atom stereocenters. The number of fused-ring (bicyclic) bond motifs is 1. The van der Waals surface area contributed by atoms with Crippen molar-refractivity contribution in [1.82, 2.24) is 5.32 Å². The normalized spacial score (nSPS) is 16.7. The first-order valence-corrected chi connectivity index (χ1v) is 8.21. The van der Waals surface area contributed by atoms with Crippen molar-refractivity contribution in [3.8, 4) is 5.75 Å². The predicted molar refractivity (Wildman–Crippen MR) is 88.4 cm³/mol. The fraction of sp³-hybridized carbons (Fsp3) is 0.444. The molecule has 1 heterocycles. The van der Waals surface area contributed by atoms with Crippen molar-refractivity contribution < 1.29 is 14.3 Å². The summed E-state index contributed by atoms with van der Waals surface area (Å²) in [6.45, 7) is 0.734. The molecule has 0 saturated carbocycles. The number of allylic oxidation sites excluding steroid dienone is 1. The van der Waals surface area contributed by atoms with Crippen LogP contribution in [0, 0.1) is 0 Å². The quantitative estimate of drug-likeness (QED) is 0.821. The van der Waals surface area contributed by atoms with Crippen molar-refractivity contribution >= 4 is 17.5 Å². The van der Waals surface area contributed by atoms with Gasteiger partial charge < -0.3 is 15.4 Å². The Labute approximate surface area is 136 Å². The van der Waals surface area contributed by atoms with Crippen LogP contribution in [0.25, 0.3) is 0 Å². The summed E-state index contributed by atoms with van der Waals surface area (Å²) in [7, 11) is 0. The highest BCUT2D eigenvalue weighted by Gasteiger charge is 2.16. The van der Waals surface area contributed by atoms with Crippen molar-refractivity contribution in [2.45, 2.75) is 38.5 Å². The van der Waals surface area contributed by atoms with E-state index < -0.39 is 0 Å². The molecule has 2 N–H and O–H groups in total. The van der Waals surface area contributed by atoms with Gasteiger partial charge in [0.05, 0.1) is 12.1 Å². The van der Waals surface area contributed by atoms with Crippen LogP contribution in [0.3, 0.4) is 0 Å². The summed E-state index contributed by atoms with van der Waals surface area (Å²) >= 11 is 0. The van der Waals surface area contributed by atoms with E-state index in [9.17, 15) is 9.59 Å². The topological polar surface area (TPSA) is 67.4 Å². The van der Waals surface area contributed by atoms with Crippen LogP contribution in [0.5, 0.6) is 5.75 Å². The third kappa shape index (κ3) is 4.34. The Bertz CT molecular complexity index is 637. The summed E-state index contributed by atoms with van der Waals surface area (Å²) in [5, 5.41) is 5.73. The molecule has 1 aliphatic heterocycles. The number of carbonyl (C=O) groups excluding carboxylic acids is 2. The molecule has 0 unspecified atom stereocenters. The molecule has 5 heteroatoms. The Balaban J connectivity index is 1.49. The number of hydrogen-bond acceptors (Lipinski definition) is 3. The highest BCUT2D eigenvalue weighted by atomic mass is 16.5. The van der Waals surface area contributed by atoms with Crippen LogP contribution in [0.4, 0.5) is 5.69 Å². The molecule has 23 heavy (non-hydrogen) atoms. The number of hydrogen-bond donors (Lipinski definition) is 2. The van der Waals surface area contributed by atoms with E-state index in [0.29, 0.717) is 24.4 Å². The fourth-order valence-corrected chi connectivity index (χ4v) is 2.98. The molecular formula is C18H22N2O3. The molecule has 0 fully saturated rings. The van der Waals surface area contributed by atoms with Gasteiger partial charge in [0.15, 0.2) is 6.61 Å². The molecule has 0 aromatic heterocycles. The maximum atomic E-state index is 12.0. The van der Waals surface area contributed by atoms with E-state index in [1.165, 1.54) is 31.3 Å². The van der Waals surface area contributed by atoms with Crippen molar-refractivity contribution in [3.63, 3.8) is 0 Å².